The van der Waals surface area contributed by atoms with Gasteiger partial charge in [-0.05, 0) is 25.8 Å². The van der Waals surface area contributed by atoms with E-state index in [-0.39, 0.29) is 28.7 Å². The normalized spacial score (nSPS) is 14.3. The predicted molar refractivity (Wildman–Crippen MR) is 121 cm³/mol. The molecule has 162 valence electrons. The molecule has 0 radical (unpaired) electrons. The van der Waals surface area contributed by atoms with Gasteiger partial charge in [-0.3, -0.25) is 18.7 Å². The van der Waals surface area contributed by atoms with Gasteiger partial charge in [0.25, 0.3) is 5.56 Å². The van der Waals surface area contributed by atoms with Gasteiger partial charge in [-0.15, -0.1) is 0 Å². The molecule has 1 aliphatic carbocycles. The molecule has 4 rings (SSSR count). The fourth-order valence-electron chi connectivity index (χ4n) is 3.92. The predicted octanol–water partition coefficient (Wildman–Crippen LogP) is 2.15. The Kier molecular flexibility index (Phi) is 5.95. The summed E-state index contributed by atoms with van der Waals surface area (Å²) in [5.41, 5.74) is 1.17. The van der Waals surface area contributed by atoms with Crippen molar-refractivity contribution in [1.82, 2.24) is 24.4 Å². The number of nitrogens with one attached hydrogen (secondary N) is 1. The summed E-state index contributed by atoms with van der Waals surface area (Å²) in [6.45, 7) is 1.97. The first-order valence-corrected chi connectivity index (χ1v) is 11.3. The maximum atomic E-state index is 12.9. The van der Waals surface area contributed by atoms with E-state index < -0.39 is 11.2 Å². The molecule has 8 nitrogen and oxygen atoms in total. The third kappa shape index (κ3) is 4.27. The van der Waals surface area contributed by atoms with Crippen LogP contribution in [-0.4, -0.2) is 36.8 Å². The number of amides is 1. The zero-order chi connectivity index (χ0) is 22.1. The number of benzene rings is 1. The molecule has 0 atom stereocenters. The van der Waals surface area contributed by atoms with Crippen LogP contribution in [0.25, 0.3) is 22.4 Å². The van der Waals surface area contributed by atoms with Crippen molar-refractivity contribution in [2.75, 3.05) is 5.75 Å². The number of nitrogens with zero attached hydrogens (tertiary/aromatic N) is 4. The smallest absolute Gasteiger partial charge is 0.332 e. The zero-order valence-corrected chi connectivity index (χ0v) is 18.7. The SMILES string of the molecule is Cc1cccc(-c2nc(SCC(=O)NC3CCCC3)c3c(=O)n(C)c(=O)n(C)c3n2)c1. The second-order valence-electron chi connectivity index (χ2n) is 7.96. The lowest BCUT2D eigenvalue weighted by Gasteiger charge is -2.13. The number of carbonyl (C=O) groups excluding carboxylic acids is 1. The average Bonchev–Trinajstić information content (AvgIpc) is 3.27. The quantitative estimate of drug-likeness (QED) is 0.483. The largest absolute Gasteiger partial charge is 0.353 e. The minimum atomic E-state index is -0.465. The molecule has 0 saturated heterocycles. The molecule has 1 amide bonds. The van der Waals surface area contributed by atoms with Crippen molar-refractivity contribution in [1.29, 1.82) is 0 Å². The molecule has 1 fully saturated rings. The van der Waals surface area contributed by atoms with E-state index in [4.69, 9.17) is 0 Å². The van der Waals surface area contributed by atoms with Gasteiger partial charge in [-0.2, -0.15) is 0 Å². The number of carbonyl (C=O) groups is 1. The van der Waals surface area contributed by atoms with Gasteiger partial charge in [0.15, 0.2) is 11.5 Å². The van der Waals surface area contributed by atoms with E-state index in [0.717, 1.165) is 41.4 Å². The molecule has 0 aliphatic heterocycles. The average molecular weight is 440 g/mol. The Hall–Kier alpha value is -2.94. The first kappa shape index (κ1) is 21.3. The van der Waals surface area contributed by atoms with E-state index in [0.29, 0.717) is 10.9 Å². The summed E-state index contributed by atoms with van der Waals surface area (Å²) in [5.74, 6) is 0.475. The minimum absolute atomic E-state index is 0.0811. The molecule has 0 spiro atoms. The van der Waals surface area contributed by atoms with E-state index >= 15 is 0 Å². The molecule has 1 saturated carbocycles. The third-order valence-corrected chi connectivity index (χ3v) is 6.58. The van der Waals surface area contributed by atoms with Crippen LogP contribution < -0.4 is 16.6 Å². The van der Waals surface area contributed by atoms with Crippen LogP contribution >= 0.6 is 11.8 Å². The third-order valence-electron chi connectivity index (χ3n) is 5.60. The zero-order valence-electron chi connectivity index (χ0n) is 17.8. The highest BCUT2D eigenvalue weighted by Gasteiger charge is 2.21. The van der Waals surface area contributed by atoms with Gasteiger partial charge in [0.1, 0.15) is 10.4 Å². The Morgan fingerprint density at radius 3 is 2.61 bits per heavy atom. The van der Waals surface area contributed by atoms with Crippen LogP contribution in [-0.2, 0) is 18.9 Å². The molecular formula is C22H25N5O3S. The van der Waals surface area contributed by atoms with E-state index in [1.54, 1.807) is 7.05 Å². The summed E-state index contributed by atoms with van der Waals surface area (Å²) in [5, 5.41) is 3.71. The van der Waals surface area contributed by atoms with Crippen LogP contribution in [0.2, 0.25) is 0 Å². The molecule has 9 heteroatoms. The Bertz CT molecular complexity index is 1270. The van der Waals surface area contributed by atoms with Crippen LogP contribution in [0.3, 0.4) is 0 Å². The second kappa shape index (κ2) is 8.66. The highest BCUT2D eigenvalue weighted by Crippen LogP contribution is 2.26. The number of aromatic nitrogens is 4. The van der Waals surface area contributed by atoms with E-state index in [2.05, 4.69) is 15.3 Å². The lowest BCUT2D eigenvalue weighted by Crippen LogP contribution is -2.38. The molecule has 2 heterocycles. The lowest BCUT2D eigenvalue weighted by atomic mass is 10.1. The summed E-state index contributed by atoms with van der Waals surface area (Å²) >= 11 is 1.20. The van der Waals surface area contributed by atoms with Crippen molar-refractivity contribution < 1.29 is 4.79 Å². The molecule has 1 N–H and O–H groups in total. The molecule has 0 unspecified atom stereocenters. The number of hydrogen-bond acceptors (Lipinski definition) is 6. The summed E-state index contributed by atoms with van der Waals surface area (Å²) in [6, 6.07) is 7.94. The van der Waals surface area contributed by atoms with Gasteiger partial charge in [0.05, 0.1) is 5.75 Å². The summed E-state index contributed by atoms with van der Waals surface area (Å²) < 4.78 is 2.39. The molecule has 1 aliphatic rings. The van der Waals surface area contributed by atoms with Crippen molar-refractivity contribution in [3.63, 3.8) is 0 Å². The molecule has 1 aromatic carbocycles. The van der Waals surface area contributed by atoms with Crippen LogP contribution in [0, 0.1) is 6.92 Å². The van der Waals surface area contributed by atoms with Gasteiger partial charge < -0.3 is 5.32 Å². The lowest BCUT2D eigenvalue weighted by molar-refractivity contribution is -0.119. The number of rotatable bonds is 5. The first-order valence-electron chi connectivity index (χ1n) is 10.3. The van der Waals surface area contributed by atoms with Crippen molar-refractivity contribution >= 4 is 28.7 Å². The first-order chi connectivity index (χ1) is 14.8. The van der Waals surface area contributed by atoms with Crippen molar-refractivity contribution in [2.45, 2.75) is 43.7 Å². The summed E-state index contributed by atoms with van der Waals surface area (Å²) in [7, 11) is 3.01. The molecule has 3 aromatic rings. The van der Waals surface area contributed by atoms with Crippen LogP contribution in [0.1, 0.15) is 31.2 Å². The van der Waals surface area contributed by atoms with E-state index in [9.17, 15) is 14.4 Å². The summed E-state index contributed by atoms with van der Waals surface area (Å²) in [4.78, 5) is 47.0. The second-order valence-corrected chi connectivity index (χ2v) is 8.93. The van der Waals surface area contributed by atoms with Crippen molar-refractivity contribution in [3.8, 4) is 11.4 Å². The topological polar surface area (TPSA) is 98.9 Å². The number of hydrogen-bond donors (Lipinski definition) is 1. The van der Waals surface area contributed by atoms with Gasteiger partial charge >= 0.3 is 5.69 Å². The van der Waals surface area contributed by atoms with Gasteiger partial charge in [0, 0.05) is 25.7 Å². The molecular weight excluding hydrogens is 414 g/mol. The number of aryl methyl sites for hydroxylation is 2. The Balaban J connectivity index is 1.78. The molecule has 2 aromatic heterocycles. The Morgan fingerprint density at radius 2 is 1.90 bits per heavy atom. The van der Waals surface area contributed by atoms with Crippen LogP contribution in [0.5, 0.6) is 0 Å². The maximum absolute atomic E-state index is 12.9. The number of fused-ring (bicyclic) bond motifs is 1. The number of thioether (sulfide) groups is 1. The minimum Gasteiger partial charge on any atom is -0.353 e. The van der Waals surface area contributed by atoms with E-state index in [1.165, 1.54) is 23.4 Å². The summed E-state index contributed by atoms with van der Waals surface area (Å²) in [6.07, 6.45) is 4.29. The van der Waals surface area contributed by atoms with Gasteiger partial charge in [0.2, 0.25) is 5.91 Å². The Morgan fingerprint density at radius 1 is 1.16 bits per heavy atom. The fourth-order valence-corrected chi connectivity index (χ4v) is 4.75. The molecule has 0 bridgehead atoms. The van der Waals surface area contributed by atoms with Gasteiger partial charge in [-0.1, -0.05) is 48.4 Å². The standard InChI is InChI=1S/C22H25N5O3S/c1-13-7-6-8-14(11-13)18-24-19-17(21(29)27(3)22(30)26(19)2)20(25-18)31-12-16(28)23-15-9-4-5-10-15/h6-8,11,15H,4-5,9-10,12H2,1-3H3,(H,23,28). The fraction of sp³-hybridized carbons (Fsp3) is 0.409. The highest BCUT2D eigenvalue weighted by molar-refractivity contribution is 8.00. The van der Waals surface area contributed by atoms with Crippen molar-refractivity contribution in [3.05, 3.63) is 50.7 Å². The van der Waals surface area contributed by atoms with Crippen molar-refractivity contribution in [2.24, 2.45) is 14.1 Å². The van der Waals surface area contributed by atoms with Crippen LogP contribution in [0.4, 0.5) is 0 Å². The van der Waals surface area contributed by atoms with Crippen LogP contribution in [0.15, 0.2) is 38.9 Å². The van der Waals surface area contributed by atoms with E-state index in [1.807, 2.05) is 31.2 Å². The monoisotopic (exact) mass is 439 g/mol. The highest BCUT2D eigenvalue weighted by atomic mass is 32.2. The Labute approximate surface area is 183 Å². The molecule has 31 heavy (non-hydrogen) atoms. The van der Waals surface area contributed by atoms with Gasteiger partial charge in [-0.25, -0.2) is 14.8 Å². The maximum Gasteiger partial charge on any atom is 0.332 e.